The molecule has 2 aliphatic rings. The van der Waals surface area contributed by atoms with Crippen LogP contribution in [0.3, 0.4) is 0 Å². The van der Waals surface area contributed by atoms with Gasteiger partial charge in [-0.2, -0.15) is 0 Å². The van der Waals surface area contributed by atoms with Crippen molar-refractivity contribution in [1.29, 1.82) is 0 Å². The molecule has 2 fully saturated rings. The zero-order valence-electron chi connectivity index (χ0n) is 23.5. The van der Waals surface area contributed by atoms with Gasteiger partial charge >= 0.3 is 0 Å². The lowest BCUT2D eigenvalue weighted by atomic mass is 9.81. The average molecular weight is 561 g/mol. The van der Waals surface area contributed by atoms with Gasteiger partial charge in [0.25, 0.3) is 0 Å². The molecule has 10 heteroatoms. The number of hydrogen-bond donors (Lipinski definition) is 1. The molecular weight excluding hydrogens is 528 g/mol. The Kier molecular flexibility index (Phi) is 6.81. The first kappa shape index (κ1) is 26.2. The number of benzene rings is 2. The van der Waals surface area contributed by atoms with E-state index in [1.54, 1.807) is 6.07 Å². The number of rotatable bonds is 8. The zero-order valence-corrected chi connectivity index (χ0v) is 23.5. The van der Waals surface area contributed by atoms with E-state index in [4.69, 9.17) is 9.97 Å². The number of imidazole rings is 1. The zero-order chi connectivity index (χ0) is 28.6. The van der Waals surface area contributed by atoms with Gasteiger partial charge in [0.15, 0.2) is 11.5 Å². The van der Waals surface area contributed by atoms with E-state index in [9.17, 15) is 9.59 Å². The summed E-state index contributed by atoms with van der Waals surface area (Å²) in [7, 11) is 0. The number of nitrogens with zero attached hydrogens (tertiary/aromatic N) is 7. The number of carbonyl (C=O) groups is 2. The van der Waals surface area contributed by atoms with Crippen LogP contribution < -0.4 is 4.90 Å². The van der Waals surface area contributed by atoms with Crippen LogP contribution in [0.25, 0.3) is 33.7 Å². The molecule has 0 spiro atoms. The molecule has 0 unspecified atom stereocenters. The fraction of sp³-hybridized carbons (Fsp3) is 0.344. The topological polar surface area (TPSA) is 123 Å². The predicted molar refractivity (Wildman–Crippen MR) is 158 cm³/mol. The van der Waals surface area contributed by atoms with Crippen LogP contribution in [0.2, 0.25) is 0 Å². The molecule has 0 radical (unpaired) electrons. The van der Waals surface area contributed by atoms with E-state index in [1.165, 1.54) is 4.90 Å². The smallest absolute Gasteiger partial charge is 0.238 e. The second-order valence-corrected chi connectivity index (χ2v) is 11.2. The highest BCUT2D eigenvalue weighted by Crippen LogP contribution is 2.40. The predicted octanol–water partition coefficient (Wildman–Crippen LogP) is 5.35. The molecular formula is C32H32N8O2. The number of fused-ring (bicyclic) bond motifs is 2. The summed E-state index contributed by atoms with van der Waals surface area (Å²) < 4.78 is 2.13. The number of anilines is 1. The van der Waals surface area contributed by atoms with Crippen LogP contribution in [0, 0.1) is 11.8 Å². The number of carbonyl (C=O) groups excluding carboxylic acids is 2. The van der Waals surface area contributed by atoms with Gasteiger partial charge in [-0.1, -0.05) is 74.7 Å². The number of H-pyrrole nitrogens is 1. The summed E-state index contributed by atoms with van der Waals surface area (Å²) in [4.78, 5) is 37.7. The van der Waals surface area contributed by atoms with Crippen molar-refractivity contribution in [3.63, 3.8) is 0 Å². The maximum Gasteiger partial charge on any atom is 0.238 e. The Morgan fingerprint density at radius 2 is 1.62 bits per heavy atom. The lowest BCUT2D eigenvalue weighted by Gasteiger charge is -2.19. The Morgan fingerprint density at radius 1 is 0.881 bits per heavy atom. The number of nitrogens with one attached hydrogen (secondary N) is 1. The van der Waals surface area contributed by atoms with E-state index >= 15 is 0 Å². The summed E-state index contributed by atoms with van der Waals surface area (Å²) in [6.07, 6.45) is 6.44. The number of pyridine rings is 1. The van der Waals surface area contributed by atoms with Crippen molar-refractivity contribution in [2.75, 3.05) is 4.90 Å². The molecule has 1 N–H and O–H groups in total. The van der Waals surface area contributed by atoms with Crippen molar-refractivity contribution in [2.24, 2.45) is 11.8 Å². The van der Waals surface area contributed by atoms with E-state index in [0.29, 0.717) is 23.8 Å². The second-order valence-electron chi connectivity index (χ2n) is 11.2. The van der Waals surface area contributed by atoms with Gasteiger partial charge in [0, 0.05) is 12.0 Å². The van der Waals surface area contributed by atoms with Gasteiger partial charge in [-0.25, -0.2) is 20.0 Å². The van der Waals surface area contributed by atoms with Crippen molar-refractivity contribution in [3.8, 4) is 22.5 Å². The number of imide groups is 1. The van der Waals surface area contributed by atoms with Gasteiger partial charge in [-0.05, 0) is 58.5 Å². The van der Waals surface area contributed by atoms with Gasteiger partial charge < -0.3 is 4.57 Å². The summed E-state index contributed by atoms with van der Waals surface area (Å²) >= 11 is 0. The first-order valence-corrected chi connectivity index (χ1v) is 14.8. The van der Waals surface area contributed by atoms with Crippen LogP contribution in [0.5, 0.6) is 0 Å². The Bertz CT molecular complexity index is 1740. The minimum Gasteiger partial charge on any atom is -0.308 e. The van der Waals surface area contributed by atoms with Crippen molar-refractivity contribution in [1.82, 2.24) is 35.2 Å². The number of aromatic nitrogens is 7. The Labute approximate surface area is 243 Å². The third kappa shape index (κ3) is 4.56. The first-order valence-electron chi connectivity index (χ1n) is 14.8. The molecule has 2 aromatic carbocycles. The van der Waals surface area contributed by atoms with Crippen molar-refractivity contribution < 1.29 is 9.59 Å². The first-order chi connectivity index (χ1) is 20.6. The SMILES string of the molecule is CCCCc1nc2ccc(N3C(=O)[C@H]4CCCC[C@H]4C3=O)nc2n1Cc1ccc(-c2ccccc2-c2nnn[nH]2)cc1. The summed E-state index contributed by atoms with van der Waals surface area (Å²) in [5, 5.41) is 14.4. The molecule has 1 saturated carbocycles. The molecule has 10 nitrogen and oxygen atoms in total. The molecule has 42 heavy (non-hydrogen) atoms. The van der Waals surface area contributed by atoms with Crippen molar-refractivity contribution in [2.45, 2.75) is 58.4 Å². The third-order valence-corrected chi connectivity index (χ3v) is 8.61. The molecule has 2 amide bonds. The Balaban J connectivity index is 1.22. The Hall–Kier alpha value is -4.73. The molecule has 1 saturated heterocycles. The number of hydrogen-bond acceptors (Lipinski definition) is 7. The molecule has 2 atom stereocenters. The van der Waals surface area contributed by atoms with Crippen LogP contribution in [0.1, 0.15) is 56.8 Å². The molecule has 1 aliphatic heterocycles. The van der Waals surface area contributed by atoms with Crippen LogP contribution in [0.15, 0.2) is 60.7 Å². The summed E-state index contributed by atoms with van der Waals surface area (Å²) in [5.74, 6) is 1.35. The lowest BCUT2D eigenvalue weighted by molar-refractivity contribution is -0.122. The van der Waals surface area contributed by atoms with Gasteiger partial charge in [0.1, 0.15) is 17.2 Å². The average Bonchev–Trinajstić information content (AvgIpc) is 3.74. The minimum atomic E-state index is -0.210. The van der Waals surface area contributed by atoms with Crippen molar-refractivity contribution >= 4 is 28.8 Å². The highest BCUT2D eigenvalue weighted by atomic mass is 16.2. The van der Waals surface area contributed by atoms with E-state index < -0.39 is 0 Å². The van der Waals surface area contributed by atoms with E-state index in [2.05, 4.69) is 62.4 Å². The van der Waals surface area contributed by atoms with E-state index in [1.807, 2.05) is 24.3 Å². The Morgan fingerprint density at radius 3 is 2.31 bits per heavy atom. The number of aromatic amines is 1. The van der Waals surface area contributed by atoms with Gasteiger partial charge in [-0.3, -0.25) is 9.59 Å². The fourth-order valence-corrected chi connectivity index (χ4v) is 6.43. The summed E-state index contributed by atoms with van der Waals surface area (Å²) in [5.41, 5.74) is 5.59. The quantitative estimate of drug-likeness (QED) is 0.254. The maximum atomic E-state index is 13.3. The highest BCUT2D eigenvalue weighted by molar-refractivity contribution is 6.21. The largest absolute Gasteiger partial charge is 0.308 e. The number of amides is 2. The minimum absolute atomic E-state index is 0.106. The maximum absolute atomic E-state index is 13.3. The van der Waals surface area contributed by atoms with Crippen LogP contribution in [-0.2, 0) is 22.6 Å². The molecule has 0 bridgehead atoms. The van der Waals surface area contributed by atoms with Gasteiger partial charge in [-0.15, -0.1) is 5.10 Å². The van der Waals surface area contributed by atoms with Gasteiger partial charge in [0.2, 0.25) is 11.8 Å². The molecule has 3 aromatic heterocycles. The summed E-state index contributed by atoms with van der Waals surface area (Å²) in [6, 6.07) is 20.1. The fourth-order valence-electron chi connectivity index (χ4n) is 6.43. The van der Waals surface area contributed by atoms with Crippen LogP contribution in [-0.4, -0.2) is 47.0 Å². The highest BCUT2D eigenvalue weighted by Gasteiger charge is 2.49. The van der Waals surface area contributed by atoms with Crippen molar-refractivity contribution in [3.05, 3.63) is 72.1 Å². The van der Waals surface area contributed by atoms with Crippen LogP contribution >= 0.6 is 0 Å². The number of unbranched alkanes of at least 4 members (excludes halogenated alkanes) is 1. The molecule has 5 aromatic rings. The van der Waals surface area contributed by atoms with E-state index in [0.717, 1.165) is 78.5 Å². The third-order valence-electron chi connectivity index (χ3n) is 8.61. The number of aryl methyl sites for hydroxylation is 1. The van der Waals surface area contributed by atoms with Crippen LogP contribution in [0.4, 0.5) is 5.82 Å². The standard InChI is InChI=1S/C32H32N8O2/c1-2-3-12-27-33-26-17-18-28(40-31(41)24-10-6-7-11-25(24)32(40)42)34-30(26)39(27)19-20-13-15-21(16-14-20)22-8-4-5-9-23(22)29-35-37-38-36-29/h4-5,8-9,13-18,24-25H,2-3,6-7,10-12,19H2,1H3,(H,35,36,37,38)/t24-,25+. The molecule has 4 heterocycles. The molecule has 1 aliphatic carbocycles. The lowest BCUT2D eigenvalue weighted by Crippen LogP contribution is -2.31. The summed E-state index contributed by atoms with van der Waals surface area (Å²) in [6.45, 7) is 2.74. The molecule has 7 rings (SSSR count). The normalized spacial score (nSPS) is 18.6. The van der Waals surface area contributed by atoms with Gasteiger partial charge in [0.05, 0.1) is 18.4 Å². The monoisotopic (exact) mass is 560 g/mol. The second kappa shape index (κ2) is 10.9. The molecule has 212 valence electrons. The van der Waals surface area contributed by atoms with E-state index in [-0.39, 0.29) is 23.7 Å². The number of tetrazole rings is 1.